The summed E-state index contributed by atoms with van der Waals surface area (Å²) < 4.78 is 5.36. The second-order valence-electron chi connectivity index (χ2n) is 3.10. The lowest BCUT2D eigenvalue weighted by Crippen LogP contribution is -2.23. The molecule has 0 bridgehead atoms. The maximum atomic E-state index is 5.36. The predicted molar refractivity (Wildman–Crippen MR) is 46.6 cm³/mol. The third-order valence-electron chi connectivity index (χ3n) is 2.14. The van der Waals surface area contributed by atoms with Crippen LogP contribution in [0.25, 0.3) is 0 Å². The monoisotopic (exact) mass is 155 g/mol. The summed E-state index contributed by atoms with van der Waals surface area (Å²) in [5.41, 5.74) is 1.28. The highest BCUT2D eigenvalue weighted by atomic mass is 16.5. The molecule has 1 unspecified atom stereocenters. The molecule has 1 fully saturated rings. The van der Waals surface area contributed by atoms with Crippen molar-refractivity contribution >= 4 is 0 Å². The molecular formula is C9H17NO. The van der Waals surface area contributed by atoms with Gasteiger partial charge in [0.15, 0.2) is 0 Å². The largest absolute Gasteiger partial charge is 0.381 e. The van der Waals surface area contributed by atoms with Crippen molar-refractivity contribution in [3.8, 4) is 0 Å². The average molecular weight is 155 g/mol. The Bertz CT molecular complexity index is 128. The Kier molecular flexibility index (Phi) is 3.60. The van der Waals surface area contributed by atoms with E-state index in [0.29, 0.717) is 5.92 Å². The molecule has 1 aliphatic heterocycles. The fourth-order valence-electron chi connectivity index (χ4n) is 1.43. The van der Waals surface area contributed by atoms with E-state index in [1.807, 2.05) is 7.05 Å². The molecule has 1 N–H and O–H groups in total. The van der Waals surface area contributed by atoms with E-state index in [1.165, 1.54) is 18.4 Å². The van der Waals surface area contributed by atoms with Gasteiger partial charge in [0.2, 0.25) is 0 Å². The standard InChI is InChI=1S/C9H17NO/c1-8(6-10-2)9-4-3-5-11-7-9/h9-10H,1,3-7H2,2H3. The Morgan fingerprint density at radius 2 is 2.55 bits per heavy atom. The van der Waals surface area contributed by atoms with E-state index >= 15 is 0 Å². The van der Waals surface area contributed by atoms with E-state index in [-0.39, 0.29) is 0 Å². The van der Waals surface area contributed by atoms with Crippen LogP contribution in [0.5, 0.6) is 0 Å². The molecule has 1 aliphatic rings. The zero-order valence-electron chi connectivity index (χ0n) is 7.23. The molecule has 0 aromatic carbocycles. The van der Waals surface area contributed by atoms with Crippen molar-refractivity contribution in [2.24, 2.45) is 5.92 Å². The maximum absolute atomic E-state index is 5.36. The average Bonchev–Trinajstić information content (AvgIpc) is 2.07. The van der Waals surface area contributed by atoms with Crippen molar-refractivity contribution in [2.75, 3.05) is 26.8 Å². The first-order valence-corrected chi connectivity index (χ1v) is 4.24. The first-order chi connectivity index (χ1) is 5.34. The number of hydrogen-bond donors (Lipinski definition) is 1. The molecule has 0 saturated carbocycles. The third-order valence-corrected chi connectivity index (χ3v) is 2.14. The minimum absolute atomic E-state index is 0.594. The minimum atomic E-state index is 0.594. The summed E-state index contributed by atoms with van der Waals surface area (Å²) in [4.78, 5) is 0. The van der Waals surface area contributed by atoms with E-state index in [2.05, 4.69) is 11.9 Å². The van der Waals surface area contributed by atoms with Crippen molar-refractivity contribution in [2.45, 2.75) is 12.8 Å². The molecule has 0 amide bonds. The second-order valence-corrected chi connectivity index (χ2v) is 3.10. The first-order valence-electron chi connectivity index (χ1n) is 4.24. The molecule has 0 spiro atoms. The van der Waals surface area contributed by atoms with Crippen LogP contribution in [0.1, 0.15) is 12.8 Å². The molecule has 0 radical (unpaired) electrons. The van der Waals surface area contributed by atoms with Gasteiger partial charge in [-0.1, -0.05) is 12.2 Å². The molecule has 0 aromatic rings. The van der Waals surface area contributed by atoms with Crippen LogP contribution >= 0.6 is 0 Å². The highest BCUT2D eigenvalue weighted by molar-refractivity contribution is 5.03. The van der Waals surface area contributed by atoms with Crippen LogP contribution in [0.15, 0.2) is 12.2 Å². The van der Waals surface area contributed by atoms with Gasteiger partial charge in [-0.05, 0) is 19.9 Å². The van der Waals surface area contributed by atoms with Gasteiger partial charge in [0, 0.05) is 19.1 Å². The maximum Gasteiger partial charge on any atom is 0.0531 e. The van der Waals surface area contributed by atoms with Crippen LogP contribution in [0.2, 0.25) is 0 Å². The van der Waals surface area contributed by atoms with Crippen LogP contribution < -0.4 is 5.32 Å². The summed E-state index contributed by atoms with van der Waals surface area (Å²) in [6.07, 6.45) is 2.44. The zero-order valence-corrected chi connectivity index (χ0v) is 7.23. The summed E-state index contributed by atoms with van der Waals surface area (Å²) >= 11 is 0. The quantitative estimate of drug-likeness (QED) is 0.618. The predicted octanol–water partition coefficient (Wildman–Crippen LogP) is 1.19. The van der Waals surface area contributed by atoms with Crippen LogP contribution in [-0.2, 0) is 4.74 Å². The van der Waals surface area contributed by atoms with Gasteiger partial charge < -0.3 is 10.1 Å². The van der Waals surface area contributed by atoms with E-state index in [9.17, 15) is 0 Å². The lowest BCUT2D eigenvalue weighted by molar-refractivity contribution is 0.0668. The van der Waals surface area contributed by atoms with Gasteiger partial charge in [-0.25, -0.2) is 0 Å². The van der Waals surface area contributed by atoms with E-state index in [0.717, 1.165) is 19.8 Å². The van der Waals surface area contributed by atoms with Gasteiger partial charge in [-0.15, -0.1) is 0 Å². The van der Waals surface area contributed by atoms with Gasteiger partial charge in [-0.2, -0.15) is 0 Å². The normalized spacial score (nSPS) is 25.0. The van der Waals surface area contributed by atoms with Crippen molar-refractivity contribution in [3.05, 3.63) is 12.2 Å². The Morgan fingerprint density at radius 3 is 3.09 bits per heavy atom. The van der Waals surface area contributed by atoms with Crippen LogP contribution in [0.3, 0.4) is 0 Å². The Hall–Kier alpha value is -0.340. The Labute approximate surface area is 68.6 Å². The molecule has 1 rings (SSSR count). The van der Waals surface area contributed by atoms with Crippen LogP contribution in [-0.4, -0.2) is 26.8 Å². The number of rotatable bonds is 3. The molecule has 1 heterocycles. The number of ether oxygens (including phenoxy) is 1. The lowest BCUT2D eigenvalue weighted by Gasteiger charge is -2.23. The summed E-state index contributed by atoms with van der Waals surface area (Å²) in [6.45, 7) is 6.76. The fraction of sp³-hybridized carbons (Fsp3) is 0.778. The summed E-state index contributed by atoms with van der Waals surface area (Å²) in [6, 6.07) is 0. The summed E-state index contributed by atoms with van der Waals surface area (Å²) in [5.74, 6) is 0.594. The van der Waals surface area contributed by atoms with Crippen LogP contribution in [0, 0.1) is 5.92 Å². The molecule has 1 atom stereocenters. The van der Waals surface area contributed by atoms with E-state index in [1.54, 1.807) is 0 Å². The molecule has 2 nitrogen and oxygen atoms in total. The number of likely N-dealkylation sites (N-methyl/N-ethyl adjacent to an activating group) is 1. The summed E-state index contributed by atoms with van der Waals surface area (Å²) in [7, 11) is 1.95. The highest BCUT2D eigenvalue weighted by Gasteiger charge is 2.15. The minimum Gasteiger partial charge on any atom is -0.381 e. The second kappa shape index (κ2) is 4.52. The highest BCUT2D eigenvalue weighted by Crippen LogP contribution is 2.19. The van der Waals surface area contributed by atoms with Crippen LogP contribution in [0.4, 0.5) is 0 Å². The van der Waals surface area contributed by atoms with E-state index in [4.69, 9.17) is 4.74 Å². The first kappa shape index (κ1) is 8.75. The van der Waals surface area contributed by atoms with Gasteiger partial charge in [0.25, 0.3) is 0 Å². The zero-order chi connectivity index (χ0) is 8.10. The molecule has 2 heteroatoms. The number of hydrogen-bond acceptors (Lipinski definition) is 2. The summed E-state index contributed by atoms with van der Waals surface area (Å²) in [5, 5.41) is 3.11. The fourth-order valence-corrected chi connectivity index (χ4v) is 1.43. The molecule has 0 aromatic heterocycles. The Morgan fingerprint density at radius 1 is 1.73 bits per heavy atom. The smallest absolute Gasteiger partial charge is 0.0531 e. The SMILES string of the molecule is C=C(CNC)C1CCCOC1. The molecule has 64 valence electrons. The van der Waals surface area contributed by atoms with Gasteiger partial charge in [0.05, 0.1) is 6.61 Å². The number of nitrogens with one attached hydrogen (secondary N) is 1. The Balaban J connectivity index is 2.27. The molecule has 0 aliphatic carbocycles. The molecular weight excluding hydrogens is 138 g/mol. The van der Waals surface area contributed by atoms with Crippen molar-refractivity contribution in [1.29, 1.82) is 0 Å². The van der Waals surface area contributed by atoms with Crippen molar-refractivity contribution in [1.82, 2.24) is 5.32 Å². The van der Waals surface area contributed by atoms with Gasteiger partial charge in [-0.3, -0.25) is 0 Å². The third kappa shape index (κ3) is 2.64. The lowest BCUT2D eigenvalue weighted by atomic mass is 9.94. The van der Waals surface area contributed by atoms with Crippen molar-refractivity contribution in [3.63, 3.8) is 0 Å². The molecule has 11 heavy (non-hydrogen) atoms. The van der Waals surface area contributed by atoms with Gasteiger partial charge in [0.1, 0.15) is 0 Å². The van der Waals surface area contributed by atoms with Gasteiger partial charge >= 0.3 is 0 Å². The van der Waals surface area contributed by atoms with Crippen molar-refractivity contribution < 1.29 is 4.74 Å². The topological polar surface area (TPSA) is 21.3 Å². The van der Waals surface area contributed by atoms with E-state index < -0.39 is 0 Å². The molecule has 1 saturated heterocycles.